The van der Waals surface area contributed by atoms with Gasteiger partial charge in [0.2, 0.25) is 0 Å². The number of ether oxygens (including phenoxy) is 1. The largest absolute Gasteiger partial charge is 0.444 e. The minimum atomic E-state index is -0.499. The second-order valence-corrected chi connectivity index (χ2v) is 11.8. The summed E-state index contributed by atoms with van der Waals surface area (Å²) in [5.74, 6) is 1.07. The van der Waals surface area contributed by atoms with Crippen LogP contribution in [-0.4, -0.2) is 45.4 Å². The first-order valence-electron chi connectivity index (χ1n) is 11.8. The molecule has 1 saturated carbocycles. The molecule has 1 saturated heterocycles. The minimum absolute atomic E-state index is 0.0449. The maximum absolute atomic E-state index is 13.2. The predicted molar refractivity (Wildman–Crippen MR) is 131 cm³/mol. The number of amides is 1. The van der Waals surface area contributed by atoms with Crippen LogP contribution in [0.4, 0.5) is 10.6 Å². The highest BCUT2D eigenvalue weighted by Gasteiger charge is 2.31. The van der Waals surface area contributed by atoms with Gasteiger partial charge in [0, 0.05) is 35.9 Å². The van der Waals surface area contributed by atoms with Crippen LogP contribution in [0.15, 0.2) is 18.2 Å². The molecule has 1 amide bonds. The number of likely N-dealkylation sites (tertiary alicyclic amines) is 1. The number of hydrogen-bond acceptors (Lipinski definition) is 6. The lowest BCUT2D eigenvalue weighted by Gasteiger charge is -2.32. The maximum atomic E-state index is 13.2. The van der Waals surface area contributed by atoms with Gasteiger partial charge in [-0.2, -0.15) is 9.78 Å². The Hall–Kier alpha value is -2.06. The van der Waals surface area contributed by atoms with Gasteiger partial charge in [-0.25, -0.2) is 4.79 Å². The van der Waals surface area contributed by atoms with Gasteiger partial charge in [0.25, 0.3) is 5.91 Å². The van der Waals surface area contributed by atoms with E-state index in [1.165, 1.54) is 11.3 Å². The monoisotopic (exact) mass is 492 g/mol. The van der Waals surface area contributed by atoms with Crippen molar-refractivity contribution in [3.8, 4) is 0 Å². The predicted octanol–water partition coefficient (Wildman–Crippen LogP) is 6.16. The summed E-state index contributed by atoms with van der Waals surface area (Å²) < 4.78 is 7.84. The molecular formula is C24H33ClN4O3S. The van der Waals surface area contributed by atoms with Gasteiger partial charge in [-0.3, -0.25) is 4.79 Å². The zero-order valence-electron chi connectivity index (χ0n) is 19.6. The molecule has 2 aromatic heterocycles. The smallest absolute Gasteiger partial charge is 0.410 e. The van der Waals surface area contributed by atoms with E-state index in [4.69, 9.17) is 21.4 Å². The van der Waals surface area contributed by atoms with E-state index >= 15 is 0 Å². The fraction of sp³-hybridized carbons (Fsp3) is 0.625. The highest BCUT2D eigenvalue weighted by atomic mass is 35.5. The number of hydrogen-bond donors (Lipinski definition) is 1. The summed E-state index contributed by atoms with van der Waals surface area (Å²) in [6, 6.07) is 5.89. The first-order valence-corrected chi connectivity index (χ1v) is 13.0. The van der Waals surface area contributed by atoms with Crippen LogP contribution >= 0.6 is 22.9 Å². The van der Waals surface area contributed by atoms with Gasteiger partial charge in [0.1, 0.15) is 11.4 Å². The lowest BCUT2D eigenvalue weighted by atomic mass is 9.94. The molecule has 1 aliphatic carbocycles. The van der Waals surface area contributed by atoms with Gasteiger partial charge in [-0.05, 0) is 58.6 Å². The molecule has 1 N–H and O–H groups in total. The van der Waals surface area contributed by atoms with Crippen molar-refractivity contribution < 1.29 is 14.3 Å². The molecule has 9 heteroatoms. The SMILES string of the molecule is CC(C)(C)OC(=O)N1CCC(c2cc(NCc3ccc(Cl)s3)n(C(=O)C3CCCC3)n2)CC1. The van der Waals surface area contributed by atoms with Crippen LogP contribution in [0.5, 0.6) is 0 Å². The van der Waals surface area contributed by atoms with Crippen molar-refractivity contribution in [2.24, 2.45) is 5.92 Å². The van der Waals surface area contributed by atoms with E-state index in [1.54, 1.807) is 9.58 Å². The van der Waals surface area contributed by atoms with Crippen LogP contribution in [0, 0.1) is 5.92 Å². The zero-order valence-corrected chi connectivity index (χ0v) is 21.2. The molecule has 1 aliphatic heterocycles. The van der Waals surface area contributed by atoms with Crippen molar-refractivity contribution in [1.29, 1.82) is 0 Å². The van der Waals surface area contributed by atoms with E-state index < -0.39 is 5.60 Å². The number of rotatable bonds is 5. The summed E-state index contributed by atoms with van der Waals surface area (Å²) in [5.41, 5.74) is 0.414. The van der Waals surface area contributed by atoms with Gasteiger partial charge in [0.15, 0.2) is 0 Å². The molecule has 0 aromatic carbocycles. The number of nitrogens with one attached hydrogen (secondary N) is 1. The van der Waals surface area contributed by atoms with Crippen LogP contribution < -0.4 is 5.32 Å². The van der Waals surface area contributed by atoms with Crippen molar-refractivity contribution in [2.45, 2.75) is 77.4 Å². The van der Waals surface area contributed by atoms with Crippen LogP contribution in [0.1, 0.15) is 80.6 Å². The topological polar surface area (TPSA) is 76.5 Å². The number of carbonyl (C=O) groups excluding carboxylic acids is 2. The average Bonchev–Trinajstić information content (AvgIpc) is 3.52. The molecule has 0 radical (unpaired) electrons. The number of anilines is 1. The molecule has 0 spiro atoms. The molecule has 33 heavy (non-hydrogen) atoms. The Labute approximate surface area is 204 Å². The second kappa shape index (κ2) is 10.1. The van der Waals surface area contributed by atoms with E-state index in [9.17, 15) is 9.59 Å². The van der Waals surface area contributed by atoms with Gasteiger partial charge in [0.05, 0.1) is 16.6 Å². The Kier molecular flexibility index (Phi) is 7.34. The first-order chi connectivity index (χ1) is 15.7. The second-order valence-electron chi connectivity index (χ2n) is 9.99. The zero-order chi connectivity index (χ0) is 23.6. The Morgan fingerprint density at radius 3 is 2.48 bits per heavy atom. The molecule has 0 unspecified atom stereocenters. The van der Waals surface area contributed by atoms with Crippen molar-refractivity contribution >= 4 is 40.8 Å². The fourth-order valence-corrected chi connectivity index (χ4v) is 5.57. The molecule has 2 aromatic rings. The van der Waals surface area contributed by atoms with Crippen molar-refractivity contribution in [3.05, 3.63) is 33.1 Å². The summed E-state index contributed by atoms with van der Waals surface area (Å²) in [6.45, 7) is 7.48. The molecule has 7 nitrogen and oxygen atoms in total. The Morgan fingerprint density at radius 2 is 1.88 bits per heavy atom. The van der Waals surface area contributed by atoms with Crippen LogP contribution in [-0.2, 0) is 11.3 Å². The first kappa shape index (κ1) is 24.1. The summed E-state index contributed by atoms with van der Waals surface area (Å²) in [6.07, 6.45) is 5.40. The Bertz CT molecular complexity index is 982. The lowest BCUT2D eigenvalue weighted by Crippen LogP contribution is -2.41. The third-order valence-corrected chi connectivity index (χ3v) is 7.51. The van der Waals surface area contributed by atoms with E-state index in [2.05, 4.69) is 5.32 Å². The number of nitrogens with zero attached hydrogens (tertiary/aromatic N) is 3. The molecular weight excluding hydrogens is 460 g/mol. The summed E-state index contributed by atoms with van der Waals surface area (Å²) in [4.78, 5) is 28.5. The Morgan fingerprint density at radius 1 is 1.18 bits per heavy atom. The summed E-state index contributed by atoms with van der Waals surface area (Å²) >= 11 is 7.59. The van der Waals surface area contributed by atoms with E-state index in [0.717, 1.165) is 59.3 Å². The standard InChI is InChI=1S/C24H33ClN4O3S/c1-24(2,3)32-23(31)28-12-10-16(11-13-28)19-14-21(26-15-18-8-9-20(25)33-18)29(27-19)22(30)17-6-4-5-7-17/h8-9,14,16-17,26H,4-7,10-13,15H2,1-3H3. The molecule has 2 fully saturated rings. The molecule has 2 aliphatic rings. The van der Waals surface area contributed by atoms with Crippen LogP contribution in [0.2, 0.25) is 4.34 Å². The number of aromatic nitrogens is 2. The molecule has 0 atom stereocenters. The van der Waals surface area contributed by atoms with Crippen LogP contribution in [0.3, 0.4) is 0 Å². The fourth-order valence-electron chi connectivity index (χ4n) is 4.55. The van der Waals surface area contributed by atoms with E-state index in [1.807, 2.05) is 39.0 Å². The van der Waals surface area contributed by atoms with E-state index in [-0.39, 0.29) is 23.8 Å². The number of piperidine rings is 1. The van der Waals surface area contributed by atoms with Gasteiger partial charge in [-0.1, -0.05) is 24.4 Å². The number of thiophene rings is 1. The lowest BCUT2D eigenvalue weighted by molar-refractivity contribution is 0.0204. The van der Waals surface area contributed by atoms with Crippen molar-refractivity contribution in [1.82, 2.24) is 14.7 Å². The van der Waals surface area contributed by atoms with E-state index in [0.29, 0.717) is 19.6 Å². The number of halogens is 1. The van der Waals surface area contributed by atoms with Crippen molar-refractivity contribution in [3.63, 3.8) is 0 Å². The molecule has 180 valence electrons. The molecule has 3 heterocycles. The highest BCUT2D eigenvalue weighted by Crippen LogP contribution is 2.32. The Balaban J connectivity index is 1.46. The molecule has 0 bridgehead atoms. The molecule has 4 rings (SSSR count). The van der Waals surface area contributed by atoms with Crippen LogP contribution in [0.25, 0.3) is 0 Å². The van der Waals surface area contributed by atoms with Gasteiger partial charge < -0.3 is 15.0 Å². The van der Waals surface area contributed by atoms with Crippen molar-refractivity contribution in [2.75, 3.05) is 18.4 Å². The normalized spacial score (nSPS) is 18.0. The third kappa shape index (κ3) is 6.09. The summed E-state index contributed by atoms with van der Waals surface area (Å²) in [5, 5.41) is 8.18. The van der Waals surface area contributed by atoms with Gasteiger partial charge >= 0.3 is 6.09 Å². The third-order valence-electron chi connectivity index (χ3n) is 6.28. The highest BCUT2D eigenvalue weighted by molar-refractivity contribution is 7.16. The van der Waals surface area contributed by atoms with Gasteiger partial charge in [-0.15, -0.1) is 11.3 Å². The quantitative estimate of drug-likeness (QED) is 0.541. The summed E-state index contributed by atoms with van der Waals surface area (Å²) in [7, 11) is 0. The number of carbonyl (C=O) groups is 2. The average molecular weight is 493 g/mol. The minimum Gasteiger partial charge on any atom is -0.444 e. The maximum Gasteiger partial charge on any atom is 0.410 e.